The molecule has 0 aliphatic carbocycles. The standard InChI is InChI=1S/C21H31N7O/c1-21(2,3)17-11-15-13-28(20(29)27-18(15)26-17)16-7-5-14(6-8-16)12-24-9-4-10-25-19(22)23/h5-8,13,17,24H,4,9-12H2,1-3H3,(H4,22,23,25)(H,26,27,29). The highest BCUT2D eigenvalue weighted by Gasteiger charge is 2.32. The Morgan fingerprint density at radius 2 is 2.03 bits per heavy atom. The molecule has 156 valence electrons. The fourth-order valence-corrected chi connectivity index (χ4v) is 3.36. The first-order valence-corrected chi connectivity index (χ1v) is 10.0. The fourth-order valence-electron chi connectivity index (χ4n) is 3.36. The Balaban J connectivity index is 1.61. The first-order valence-electron chi connectivity index (χ1n) is 10.0. The number of guanidine groups is 1. The van der Waals surface area contributed by atoms with Crippen LogP contribution in [0.3, 0.4) is 0 Å². The lowest BCUT2D eigenvalue weighted by atomic mass is 9.85. The van der Waals surface area contributed by atoms with Crippen LogP contribution in [0.1, 0.15) is 38.3 Å². The van der Waals surface area contributed by atoms with Crippen LogP contribution in [0.2, 0.25) is 0 Å². The van der Waals surface area contributed by atoms with E-state index in [0.717, 1.165) is 42.7 Å². The second-order valence-electron chi connectivity index (χ2n) is 8.57. The number of anilines is 1. The number of hydrogen-bond donors (Lipinski definition) is 5. The van der Waals surface area contributed by atoms with Gasteiger partial charge < -0.3 is 21.7 Å². The van der Waals surface area contributed by atoms with E-state index >= 15 is 0 Å². The summed E-state index contributed by atoms with van der Waals surface area (Å²) < 4.78 is 1.62. The Morgan fingerprint density at radius 1 is 1.31 bits per heavy atom. The van der Waals surface area contributed by atoms with E-state index in [2.05, 4.69) is 41.7 Å². The summed E-state index contributed by atoms with van der Waals surface area (Å²) >= 11 is 0. The highest BCUT2D eigenvalue weighted by atomic mass is 16.1. The first kappa shape index (κ1) is 20.9. The maximum absolute atomic E-state index is 12.5. The van der Waals surface area contributed by atoms with E-state index in [1.165, 1.54) is 0 Å². The zero-order valence-electron chi connectivity index (χ0n) is 17.4. The summed E-state index contributed by atoms with van der Waals surface area (Å²) in [5, 5.41) is 16.6. The maximum Gasteiger partial charge on any atom is 0.354 e. The Morgan fingerprint density at radius 3 is 2.69 bits per heavy atom. The number of aromatic nitrogens is 2. The lowest BCUT2D eigenvalue weighted by Crippen LogP contribution is -2.32. The normalized spacial score (nSPS) is 15.6. The molecule has 8 nitrogen and oxygen atoms in total. The Hall–Kier alpha value is -2.87. The molecule has 0 saturated heterocycles. The number of nitrogens with two attached hydrogens (primary N) is 1. The van der Waals surface area contributed by atoms with Crippen molar-refractivity contribution >= 4 is 11.8 Å². The van der Waals surface area contributed by atoms with Crippen LogP contribution in [-0.4, -0.2) is 34.6 Å². The van der Waals surface area contributed by atoms with Crippen LogP contribution in [0.5, 0.6) is 0 Å². The number of fused-ring (bicyclic) bond motifs is 1. The summed E-state index contributed by atoms with van der Waals surface area (Å²) in [5.41, 5.74) is 8.12. The third kappa shape index (κ3) is 5.35. The molecule has 1 aliphatic rings. The number of hydrogen-bond acceptors (Lipinski definition) is 5. The van der Waals surface area contributed by atoms with Gasteiger partial charge in [-0.05, 0) is 42.5 Å². The third-order valence-electron chi connectivity index (χ3n) is 5.17. The second kappa shape index (κ2) is 8.65. The average Bonchev–Trinajstić information content (AvgIpc) is 3.07. The van der Waals surface area contributed by atoms with Gasteiger partial charge >= 0.3 is 5.69 Å². The molecule has 0 spiro atoms. The summed E-state index contributed by atoms with van der Waals surface area (Å²) in [6.07, 6.45) is 3.67. The highest BCUT2D eigenvalue weighted by Crippen LogP contribution is 2.32. The van der Waals surface area contributed by atoms with Crippen LogP contribution in [0.4, 0.5) is 5.82 Å². The smallest absolute Gasteiger partial charge is 0.354 e. The van der Waals surface area contributed by atoms with Gasteiger partial charge in [0, 0.05) is 30.9 Å². The Kier molecular flexibility index (Phi) is 6.22. The SMILES string of the molecule is CC(C)(C)C1Cc2cn(-c3ccc(CNCCCNC(=N)N)cc3)c(=O)nc2N1. The van der Waals surface area contributed by atoms with E-state index in [4.69, 9.17) is 11.1 Å². The van der Waals surface area contributed by atoms with E-state index in [-0.39, 0.29) is 23.1 Å². The highest BCUT2D eigenvalue weighted by molar-refractivity contribution is 5.74. The molecule has 29 heavy (non-hydrogen) atoms. The molecule has 1 atom stereocenters. The topological polar surface area (TPSA) is 121 Å². The van der Waals surface area contributed by atoms with Crippen molar-refractivity contribution in [2.75, 3.05) is 18.4 Å². The van der Waals surface area contributed by atoms with Gasteiger partial charge in [-0.15, -0.1) is 0 Å². The Bertz CT molecular complexity index is 912. The minimum absolute atomic E-state index is 0.00147. The van der Waals surface area contributed by atoms with Crippen molar-refractivity contribution in [2.24, 2.45) is 11.1 Å². The summed E-state index contributed by atoms with van der Waals surface area (Å²) in [7, 11) is 0. The van der Waals surface area contributed by atoms with E-state index in [0.29, 0.717) is 12.4 Å². The number of nitrogens with zero attached hydrogens (tertiary/aromatic N) is 2. The van der Waals surface area contributed by atoms with E-state index in [1.807, 2.05) is 30.5 Å². The second-order valence-corrected chi connectivity index (χ2v) is 8.57. The Labute approximate surface area is 171 Å². The van der Waals surface area contributed by atoms with Gasteiger partial charge in [-0.3, -0.25) is 9.98 Å². The zero-order valence-corrected chi connectivity index (χ0v) is 17.4. The quantitative estimate of drug-likeness (QED) is 0.275. The number of rotatable bonds is 7. The van der Waals surface area contributed by atoms with Crippen molar-refractivity contribution in [1.29, 1.82) is 5.41 Å². The summed E-state index contributed by atoms with van der Waals surface area (Å²) in [6, 6.07) is 8.22. The molecule has 1 unspecified atom stereocenters. The lowest BCUT2D eigenvalue weighted by Gasteiger charge is -2.26. The molecule has 3 rings (SSSR count). The van der Waals surface area contributed by atoms with Crippen molar-refractivity contribution in [2.45, 2.75) is 46.2 Å². The molecule has 1 aromatic carbocycles. The van der Waals surface area contributed by atoms with E-state index < -0.39 is 0 Å². The maximum atomic E-state index is 12.5. The van der Waals surface area contributed by atoms with Crippen LogP contribution in [0.15, 0.2) is 35.3 Å². The molecule has 0 bridgehead atoms. The average molecular weight is 398 g/mol. The van der Waals surface area contributed by atoms with Gasteiger partial charge in [0.1, 0.15) is 5.82 Å². The van der Waals surface area contributed by atoms with Gasteiger partial charge in [0.05, 0.1) is 5.69 Å². The summed E-state index contributed by atoms with van der Waals surface area (Å²) in [4.78, 5) is 16.8. The monoisotopic (exact) mass is 397 g/mol. The van der Waals surface area contributed by atoms with Crippen LogP contribution >= 0.6 is 0 Å². The molecule has 1 aromatic heterocycles. The van der Waals surface area contributed by atoms with Crippen LogP contribution in [0.25, 0.3) is 5.69 Å². The van der Waals surface area contributed by atoms with Gasteiger partial charge in [0.2, 0.25) is 0 Å². The molecular weight excluding hydrogens is 366 g/mol. The lowest BCUT2D eigenvalue weighted by molar-refractivity contribution is 0.347. The molecular formula is C21H31N7O. The van der Waals surface area contributed by atoms with Gasteiger partial charge in [-0.1, -0.05) is 32.9 Å². The van der Waals surface area contributed by atoms with Crippen LogP contribution < -0.4 is 27.4 Å². The number of nitrogens with one attached hydrogen (secondary N) is 4. The van der Waals surface area contributed by atoms with Crippen molar-refractivity contribution < 1.29 is 0 Å². The van der Waals surface area contributed by atoms with Gasteiger partial charge in [0.15, 0.2) is 5.96 Å². The molecule has 0 radical (unpaired) electrons. The predicted molar refractivity (Wildman–Crippen MR) is 117 cm³/mol. The van der Waals surface area contributed by atoms with Gasteiger partial charge in [0.25, 0.3) is 0 Å². The molecule has 2 heterocycles. The predicted octanol–water partition coefficient (Wildman–Crippen LogP) is 1.58. The summed E-state index contributed by atoms with van der Waals surface area (Å²) in [5.74, 6) is 0.716. The largest absolute Gasteiger partial charge is 0.370 e. The molecule has 0 saturated carbocycles. The van der Waals surface area contributed by atoms with Crippen molar-refractivity contribution in [3.8, 4) is 5.69 Å². The first-order chi connectivity index (χ1) is 13.7. The zero-order chi connectivity index (χ0) is 21.0. The summed E-state index contributed by atoms with van der Waals surface area (Å²) in [6.45, 7) is 8.83. The molecule has 2 aromatic rings. The molecule has 8 heteroatoms. The minimum atomic E-state index is -0.269. The van der Waals surface area contributed by atoms with Crippen molar-refractivity contribution in [3.63, 3.8) is 0 Å². The van der Waals surface area contributed by atoms with E-state index in [9.17, 15) is 4.79 Å². The third-order valence-corrected chi connectivity index (χ3v) is 5.17. The van der Waals surface area contributed by atoms with Gasteiger partial charge in [-0.25, -0.2) is 4.79 Å². The fraction of sp³-hybridized carbons (Fsp3) is 0.476. The van der Waals surface area contributed by atoms with Crippen LogP contribution in [0, 0.1) is 10.8 Å². The van der Waals surface area contributed by atoms with E-state index in [1.54, 1.807) is 4.57 Å². The molecule has 0 amide bonds. The molecule has 6 N–H and O–H groups in total. The number of benzene rings is 1. The molecule has 1 aliphatic heterocycles. The van der Waals surface area contributed by atoms with Gasteiger partial charge in [-0.2, -0.15) is 4.98 Å². The van der Waals surface area contributed by atoms with Crippen molar-refractivity contribution in [1.82, 2.24) is 20.2 Å². The van der Waals surface area contributed by atoms with Crippen LogP contribution in [-0.2, 0) is 13.0 Å². The van der Waals surface area contributed by atoms with Crippen molar-refractivity contribution in [3.05, 3.63) is 52.1 Å². The minimum Gasteiger partial charge on any atom is -0.370 e. The molecule has 0 fully saturated rings.